The maximum atomic E-state index is 11.9. The van der Waals surface area contributed by atoms with Crippen LogP contribution in [0.2, 0.25) is 0 Å². The van der Waals surface area contributed by atoms with E-state index in [-0.39, 0.29) is 11.8 Å². The van der Waals surface area contributed by atoms with Crippen LogP contribution in [0.1, 0.15) is 76.2 Å². The number of ether oxygens (including phenoxy) is 1. The number of carboxylic acid groups (broad SMARTS) is 1. The number of methoxy groups -OCH3 is 1. The van der Waals surface area contributed by atoms with E-state index in [0.717, 1.165) is 30.1 Å². The molecule has 0 heterocycles. The fourth-order valence-electron chi connectivity index (χ4n) is 5.37. The van der Waals surface area contributed by atoms with Crippen molar-refractivity contribution in [1.82, 2.24) is 0 Å². The van der Waals surface area contributed by atoms with E-state index in [4.69, 9.17) is 4.74 Å². The van der Waals surface area contributed by atoms with Crippen molar-refractivity contribution in [3.05, 3.63) is 42.0 Å². The van der Waals surface area contributed by atoms with Gasteiger partial charge in [-0.1, -0.05) is 37.6 Å². The van der Waals surface area contributed by atoms with E-state index in [1.54, 1.807) is 7.11 Å². The molecule has 2 atom stereocenters. The highest BCUT2D eigenvalue weighted by Gasteiger charge is 2.43. The molecule has 2 bridgehead atoms. The molecule has 0 radical (unpaired) electrons. The summed E-state index contributed by atoms with van der Waals surface area (Å²) in [4.78, 5) is 11.9. The molecule has 2 unspecified atom stereocenters. The standard InChI is InChI=1S/C24H34O3/c1-3-6-22(23(25)26)21(19-8-10-20(27-2)11-9-19)7-4-5-14-24-15-12-18(17-24)13-16-24/h4-5,8-11,18,21-22H,3,6-7,12-17H2,1-2H3,(H,25,26). The fourth-order valence-corrected chi connectivity index (χ4v) is 5.37. The van der Waals surface area contributed by atoms with Crippen LogP contribution < -0.4 is 4.74 Å². The smallest absolute Gasteiger partial charge is 0.307 e. The van der Waals surface area contributed by atoms with Gasteiger partial charge in [-0.3, -0.25) is 4.79 Å². The van der Waals surface area contributed by atoms with Crippen molar-refractivity contribution in [1.29, 1.82) is 0 Å². The van der Waals surface area contributed by atoms with Gasteiger partial charge in [0.2, 0.25) is 0 Å². The topological polar surface area (TPSA) is 46.5 Å². The molecule has 1 N–H and O–H groups in total. The number of aliphatic carboxylic acids is 1. The Hall–Kier alpha value is -1.77. The first-order valence-corrected chi connectivity index (χ1v) is 10.6. The fraction of sp³-hybridized carbons (Fsp3) is 0.625. The van der Waals surface area contributed by atoms with Gasteiger partial charge in [-0.05, 0) is 80.4 Å². The van der Waals surface area contributed by atoms with Crippen LogP contribution in [0.15, 0.2) is 36.4 Å². The summed E-state index contributed by atoms with van der Waals surface area (Å²) in [5, 5.41) is 9.80. The molecule has 0 aliphatic heterocycles. The molecule has 2 aliphatic rings. The van der Waals surface area contributed by atoms with Crippen molar-refractivity contribution >= 4 is 5.97 Å². The molecule has 3 heteroatoms. The van der Waals surface area contributed by atoms with Gasteiger partial charge in [0, 0.05) is 5.92 Å². The number of hydrogen-bond donors (Lipinski definition) is 1. The molecule has 0 spiro atoms. The molecule has 27 heavy (non-hydrogen) atoms. The van der Waals surface area contributed by atoms with Crippen molar-refractivity contribution in [3.63, 3.8) is 0 Å². The molecule has 0 amide bonds. The van der Waals surface area contributed by atoms with Crippen molar-refractivity contribution in [2.45, 2.75) is 70.6 Å². The molecule has 2 fully saturated rings. The Morgan fingerprint density at radius 3 is 2.48 bits per heavy atom. The molecule has 1 aromatic rings. The SMILES string of the molecule is CCCC(C(=O)O)C(CC=CCC12CCC(CC1)C2)c1ccc(OC)cc1. The Morgan fingerprint density at radius 1 is 1.26 bits per heavy atom. The van der Waals surface area contributed by atoms with Gasteiger partial charge in [-0.25, -0.2) is 0 Å². The predicted molar refractivity (Wildman–Crippen MR) is 109 cm³/mol. The summed E-state index contributed by atoms with van der Waals surface area (Å²) in [5.74, 6) is 0.785. The van der Waals surface area contributed by atoms with Crippen LogP contribution in [-0.4, -0.2) is 18.2 Å². The number of benzene rings is 1. The minimum absolute atomic E-state index is 0.0158. The normalized spacial score (nSPS) is 26.4. The van der Waals surface area contributed by atoms with Crippen molar-refractivity contribution in [3.8, 4) is 5.75 Å². The Morgan fingerprint density at radius 2 is 1.96 bits per heavy atom. The first-order chi connectivity index (χ1) is 13.1. The highest BCUT2D eigenvalue weighted by Crippen LogP contribution is 2.56. The van der Waals surface area contributed by atoms with Crippen molar-refractivity contribution in [2.24, 2.45) is 17.3 Å². The number of hydrogen-bond acceptors (Lipinski definition) is 2. The van der Waals surface area contributed by atoms with Gasteiger partial charge >= 0.3 is 5.97 Å². The average Bonchev–Trinajstić information content (AvgIpc) is 3.28. The zero-order chi connectivity index (χ0) is 19.3. The molecule has 2 aliphatic carbocycles. The second-order valence-electron chi connectivity index (χ2n) is 8.67. The molecule has 148 valence electrons. The predicted octanol–water partition coefficient (Wildman–Crippen LogP) is 6.20. The van der Waals surface area contributed by atoms with E-state index in [1.807, 2.05) is 24.3 Å². The molecule has 0 aromatic heterocycles. The van der Waals surface area contributed by atoms with Crippen LogP contribution in [0.25, 0.3) is 0 Å². The molecule has 3 rings (SSSR count). The van der Waals surface area contributed by atoms with E-state index >= 15 is 0 Å². The molecule has 0 saturated heterocycles. The minimum atomic E-state index is -0.681. The lowest BCUT2D eigenvalue weighted by atomic mass is 9.79. The quantitative estimate of drug-likeness (QED) is 0.499. The Balaban J connectivity index is 1.70. The van der Waals surface area contributed by atoms with Crippen molar-refractivity contribution < 1.29 is 14.6 Å². The average molecular weight is 371 g/mol. The van der Waals surface area contributed by atoms with Gasteiger partial charge in [-0.2, -0.15) is 0 Å². The van der Waals surface area contributed by atoms with E-state index < -0.39 is 5.97 Å². The molecular weight excluding hydrogens is 336 g/mol. The van der Waals surface area contributed by atoms with E-state index in [9.17, 15) is 9.90 Å². The Kier molecular flexibility index (Phi) is 6.62. The zero-order valence-electron chi connectivity index (χ0n) is 16.8. The largest absolute Gasteiger partial charge is 0.497 e. The summed E-state index contributed by atoms with van der Waals surface area (Å²) in [6.07, 6.45) is 15.2. The molecule has 2 saturated carbocycles. The van der Waals surface area contributed by atoms with E-state index in [0.29, 0.717) is 11.8 Å². The molecular formula is C24H34O3. The third-order valence-corrected chi connectivity index (χ3v) is 6.94. The summed E-state index contributed by atoms with van der Waals surface area (Å²) in [6, 6.07) is 7.93. The molecule has 1 aromatic carbocycles. The lowest BCUT2D eigenvalue weighted by Crippen LogP contribution is -2.22. The summed E-state index contributed by atoms with van der Waals surface area (Å²) in [7, 11) is 1.66. The summed E-state index contributed by atoms with van der Waals surface area (Å²) in [6.45, 7) is 2.06. The number of carbonyl (C=O) groups is 1. The summed E-state index contributed by atoms with van der Waals surface area (Å²) in [5.41, 5.74) is 1.66. The summed E-state index contributed by atoms with van der Waals surface area (Å²) < 4.78 is 5.26. The van der Waals surface area contributed by atoms with Gasteiger partial charge in [0.05, 0.1) is 13.0 Å². The number of allylic oxidation sites excluding steroid dienone is 2. The second-order valence-corrected chi connectivity index (χ2v) is 8.67. The maximum Gasteiger partial charge on any atom is 0.307 e. The first kappa shape index (κ1) is 20.0. The van der Waals surface area contributed by atoms with Crippen molar-refractivity contribution in [2.75, 3.05) is 7.11 Å². The van der Waals surface area contributed by atoms with Gasteiger partial charge in [-0.15, -0.1) is 0 Å². The Bertz CT molecular complexity index is 638. The monoisotopic (exact) mass is 370 g/mol. The third kappa shape index (κ3) is 4.75. The van der Waals surface area contributed by atoms with E-state index in [1.165, 1.54) is 38.5 Å². The number of rotatable bonds is 10. The van der Waals surface area contributed by atoms with Gasteiger partial charge < -0.3 is 9.84 Å². The Labute approximate surface area is 163 Å². The van der Waals surface area contributed by atoms with Crippen LogP contribution in [0.5, 0.6) is 5.75 Å². The highest BCUT2D eigenvalue weighted by molar-refractivity contribution is 5.71. The van der Waals surface area contributed by atoms with Crippen LogP contribution in [0, 0.1) is 17.3 Å². The van der Waals surface area contributed by atoms with Crippen LogP contribution in [0.3, 0.4) is 0 Å². The molecule has 3 nitrogen and oxygen atoms in total. The third-order valence-electron chi connectivity index (χ3n) is 6.94. The van der Waals surface area contributed by atoms with Gasteiger partial charge in [0.15, 0.2) is 0 Å². The summed E-state index contributed by atoms with van der Waals surface area (Å²) >= 11 is 0. The maximum absolute atomic E-state index is 11.9. The number of carboxylic acids is 1. The van der Waals surface area contributed by atoms with Crippen LogP contribution >= 0.6 is 0 Å². The number of fused-ring (bicyclic) bond motifs is 2. The minimum Gasteiger partial charge on any atom is -0.497 e. The second kappa shape index (κ2) is 8.95. The highest BCUT2D eigenvalue weighted by atomic mass is 16.5. The van der Waals surface area contributed by atoms with Crippen LogP contribution in [-0.2, 0) is 4.79 Å². The van der Waals surface area contributed by atoms with Gasteiger partial charge in [0.1, 0.15) is 5.75 Å². The van der Waals surface area contributed by atoms with Crippen LogP contribution in [0.4, 0.5) is 0 Å². The van der Waals surface area contributed by atoms with E-state index in [2.05, 4.69) is 19.1 Å². The lowest BCUT2D eigenvalue weighted by Gasteiger charge is -2.25. The first-order valence-electron chi connectivity index (χ1n) is 10.6. The lowest BCUT2D eigenvalue weighted by molar-refractivity contribution is -0.142. The zero-order valence-corrected chi connectivity index (χ0v) is 16.8. The van der Waals surface area contributed by atoms with Gasteiger partial charge in [0.25, 0.3) is 0 Å².